The summed E-state index contributed by atoms with van der Waals surface area (Å²) in [5, 5.41) is 11.4. The fraction of sp³-hybridized carbons (Fsp3) is 0.917. The maximum Gasteiger partial charge on any atom is 0.305 e. The summed E-state index contributed by atoms with van der Waals surface area (Å²) in [6.45, 7) is 5.13. The van der Waals surface area contributed by atoms with Crippen LogP contribution >= 0.6 is 0 Å². The van der Waals surface area contributed by atoms with Crippen molar-refractivity contribution >= 4 is 5.97 Å². The van der Waals surface area contributed by atoms with Gasteiger partial charge in [-0.2, -0.15) is 0 Å². The van der Waals surface area contributed by atoms with E-state index in [1.807, 2.05) is 13.8 Å². The van der Waals surface area contributed by atoms with E-state index in [1.54, 1.807) is 0 Å². The van der Waals surface area contributed by atoms with Gasteiger partial charge >= 0.3 is 5.97 Å². The quantitative estimate of drug-likeness (QED) is 0.275. The Kier molecular flexibility index (Phi) is 7.55. The Morgan fingerprint density at radius 3 is 2.32 bits per heavy atom. The first kappa shape index (κ1) is 17.8. The summed E-state index contributed by atoms with van der Waals surface area (Å²) in [6, 6.07) is 0. The van der Waals surface area contributed by atoms with E-state index in [0.717, 1.165) is 0 Å². The Morgan fingerprint density at radius 2 is 1.95 bits per heavy atom. The molecule has 0 aromatic rings. The molecule has 0 heterocycles. The number of carbonyl (C=O) groups excluding carboxylic acids is 1. The molecule has 0 fully saturated rings. The molecule has 7 nitrogen and oxygen atoms in total. The lowest BCUT2D eigenvalue weighted by molar-refractivity contribution is -0.583. The van der Waals surface area contributed by atoms with Gasteiger partial charge in [0.2, 0.25) is 5.54 Å². The molecule has 0 radical (unpaired) electrons. The third kappa shape index (κ3) is 5.12. The lowest BCUT2D eigenvalue weighted by Crippen LogP contribution is -2.51. The van der Waals surface area contributed by atoms with E-state index in [0.29, 0.717) is 0 Å². The van der Waals surface area contributed by atoms with Crippen LogP contribution in [0.1, 0.15) is 33.6 Å². The van der Waals surface area contributed by atoms with Gasteiger partial charge in [0.15, 0.2) is 0 Å². The predicted octanol–water partition coefficient (Wildman–Crippen LogP) is 1.62. The number of nitro groups is 1. The van der Waals surface area contributed by atoms with E-state index in [1.165, 1.54) is 21.1 Å². The van der Waals surface area contributed by atoms with Crippen LogP contribution < -0.4 is 0 Å². The van der Waals surface area contributed by atoms with E-state index in [9.17, 15) is 14.9 Å². The molecule has 0 aromatic carbocycles. The SMILES string of the molecule is COCO[C@H](C(C)C)[C@@](C)(CCC(=O)OC)[N+](=O)[O-]. The van der Waals surface area contributed by atoms with Crippen LogP contribution in [0.4, 0.5) is 0 Å². The molecule has 2 atom stereocenters. The van der Waals surface area contributed by atoms with E-state index < -0.39 is 22.5 Å². The number of methoxy groups -OCH3 is 2. The van der Waals surface area contributed by atoms with Crippen LogP contribution in [-0.4, -0.2) is 43.5 Å². The zero-order valence-electron chi connectivity index (χ0n) is 12.2. The van der Waals surface area contributed by atoms with Gasteiger partial charge in [0.05, 0.1) is 13.5 Å². The molecule has 0 N–H and O–H groups in total. The highest BCUT2D eigenvalue weighted by molar-refractivity contribution is 5.69. The Labute approximate surface area is 113 Å². The molecule has 0 saturated heterocycles. The summed E-state index contributed by atoms with van der Waals surface area (Å²) in [5.41, 5.74) is -1.36. The van der Waals surface area contributed by atoms with Crippen molar-refractivity contribution in [1.29, 1.82) is 0 Å². The van der Waals surface area contributed by atoms with Crippen molar-refractivity contribution in [3.63, 3.8) is 0 Å². The van der Waals surface area contributed by atoms with Gasteiger partial charge in [-0.15, -0.1) is 0 Å². The molecule has 0 rings (SSSR count). The van der Waals surface area contributed by atoms with Crippen LogP contribution in [0.5, 0.6) is 0 Å². The minimum atomic E-state index is -1.36. The van der Waals surface area contributed by atoms with Crippen LogP contribution in [0, 0.1) is 16.0 Å². The molecule has 0 spiro atoms. The second-order valence-corrected chi connectivity index (χ2v) is 4.93. The largest absolute Gasteiger partial charge is 0.469 e. The summed E-state index contributed by atoms with van der Waals surface area (Å²) in [7, 11) is 2.71. The molecule has 19 heavy (non-hydrogen) atoms. The maximum absolute atomic E-state index is 11.4. The molecule has 112 valence electrons. The molecule has 0 aliphatic carbocycles. The minimum Gasteiger partial charge on any atom is -0.469 e. The van der Waals surface area contributed by atoms with Crippen LogP contribution in [0.25, 0.3) is 0 Å². The second-order valence-electron chi connectivity index (χ2n) is 4.93. The number of carbonyl (C=O) groups is 1. The van der Waals surface area contributed by atoms with Gasteiger partial charge < -0.3 is 14.2 Å². The highest BCUT2D eigenvalue weighted by Crippen LogP contribution is 2.29. The standard InChI is InChI=1S/C12H23NO6/c1-9(2)11(19-8-17-4)12(3,13(15)16)7-6-10(14)18-5/h9,11H,6-8H2,1-5H3/t11-,12-/m1/s1. The summed E-state index contributed by atoms with van der Waals surface area (Å²) in [4.78, 5) is 22.1. The average Bonchev–Trinajstić information content (AvgIpc) is 2.35. The second kappa shape index (κ2) is 8.06. The average molecular weight is 277 g/mol. The first-order valence-corrected chi connectivity index (χ1v) is 6.11. The lowest BCUT2D eigenvalue weighted by Gasteiger charge is -2.32. The highest BCUT2D eigenvalue weighted by atomic mass is 16.7. The molecular formula is C12H23NO6. The van der Waals surface area contributed by atoms with Crippen molar-refractivity contribution < 1.29 is 23.9 Å². The first-order chi connectivity index (χ1) is 8.79. The monoisotopic (exact) mass is 277 g/mol. The number of nitrogens with zero attached hydrogens (tertiary/aromatic N) is 1. The van der Waals surface area contributed by atoms with E-state index in [4.69, 9.17) is 9.47 Å². The van der Waals surface area contributed by atoms with Gasteiger partial charge in [0.25, 0.3) is 0 Å². The zero-order chi connectivity index (χ0) is 15.1. The predicted molar refractivity (Wildman–Crippen MR) is 68.2 cm³/mol. The molecule has 0 unspecified atom stereocenters. The van der Waals surface area contributed by atoms with E-state index in [2.05, 4.69) is 4.74 Å². The Balaban J connectivity index is 4.98. The number of esters is 1. The summed E-state index contributed by atoms with van der Waals surface area (Å²) < 4.78 is 14.8. The molecule has 0 aliphatic heterocycles. The van der Waals surface area contributed by atoms with Crippen LogP contribution in [-0.2, 0) is 19.0 Å². The van der Waals surface area contributed by atoms with E-state index >= 15 is 0 Å². The van der Waals surface area contributed by atoms with Crippen molar-refractivity contribution in [2.75, 3.05) is 21.0 Å². The molecular weight excluding hydrogens is 254 g/mol. The van der Waals surface area contributed by atoms with Crippen molar-refractivity contribution in [3.8, 4) is 0 Å². The molecule has 7 heteroatoms. The number of hydrogen-bond acceptors (Lipinski definition) is 6. The van der Waals surface area contributed by atoms with Crippen LogP contribution in [0.15, 0.2) is 0 Å². The van der Waals surface area contributed by atoms with Gasteiger partial charge in [0.1, 0.15) is 12.9 Å². The van der Waals surface area contributed by atoms with Crippen LogP contribution in [0.3, 0.4) is 0 Å². The van der Waals surface area contributed by atoms with E-state index in [-0.39, 0.29) is 25.6 Å². The van der Waals surface area contributed by atoms with Gasteiger partial charge in [-0.25, -0.2) is 0 Å². The summed E-state index contributed by atoms with van der Waals surface area (Å²) >= 11 is 0. The smallest absolute Gasteiger partial charge is 0.305 e. The Bertz CT molecular complexity index is 307. The normalized spacial score (nSPS) is 15.9. The van der Waals surface area contributed by atoms with Crippen molar-refractivity contribution in [1.82, 2.24) is 0 Å². The maximum atomic E-state index is 11.4. The zero-order valence-corrected chi connectivity index (χ0v) is 12.2. The van der Waals surface area contributed by atoms with Crippen molar-refractivity contribution in [3.05, 3.63) is 10.1 Å². The Hall–Kier alpha value is -1.21. The number of rotatable bonds is 9. The fourth-order valence-electron chi connectivity index (χ4n) is 2.03. The van der Waals surface area contributed by atoms with Crippen molar-refractivity contribution in [2.45, 2.75) is 45.3 Å². The summed E-state index contributed by atoms with van der Waals surface area (Å²) in [6.07, 6.45) is -0.612. The third-order valence-electron chi connectivity index (χ3n) is 3.06. The molecule has 0 saturated carbocycles. The van der Waals surface area contributed by atoms with Gasteiger partial charge in [0, 0.05) is 25.4 Å². The fourth-order valence-corrected chi connectivity index (χ4v) is 2.03. The van der Waals surface area contributed by atoms with Gasteiger partial charge in [-0.3, -0.25) is 14.9 Å². The van der Waals surface area contributed by atoms with Crippen molar-refractivity contribution in [2.24, 2.45) is 5.92 Å². The lowest BCUT2D eigenvalue weighted by atomic mass is 9.83. The topological polar surface area (TPSA) is 87.9 Å². The number of ether oxygens (including phenoxy) is 3. The highest BCUT2D eigenvalue weighted by Gasteiger charge is 2.48. The Morgan fingerprint density at radius 1 is 1.37 bits per heavy atom. The molecule has 0 aromatic heterocycles. The molecule has 0 bridgehead atoms. The number of hydrogen-bond donors (Lipinski definition) is 0. The minimum absolute atomic E-state index is 0.0203. The van der Waals surface area contributed by atoms with Gasteiger partial charge in [-0.05, 0) is 5.92 Å². The molecule has 0 aliphatic rings. The first-order valence-electron chi connectivity index (χ1n) is 6.11. The van der Waals surface area contributed by atoms with Crippen LogP contribution in [0.2, 0.25) is 0 Å². The molecule has 0 amide bonds. The van der Waals surface area contributed by atoms with Gasteiger partial charge in [-0.1, -0.05) is 13.8 Å². The summed E-state index contributed by atoms with van der Waals surface area (Å²) in [5.74, 6) is -0.550. The third-order valence-corrected chi connectivity index (χ3v) is 3.06.